The third kappa shape index (κ3) is 36.4. The van der Waals surface area contributed by atoms with Crippen LogP contribution in [0.1, 0.15) is 241 Å². The number of piperazine rings is 3. The number of carbonyl (C=O) groups excluding carboxylic acids is 8. The van der Waals surface area contributed by atoms with Gasteiger partial charge in [0.25, 0.3) is 0 Å². The fourth-order valence-electron chi connectivity index (χ4n) is 17.6. The lowest BCUT2D eigenvalue weighted by Crippen LogP contribution is -2.61. The topological polar surface area (TPSA) is 238 Å². The van der Waals surface area contributed by atoms with Gasteiger partial charge in [0.2, 0.25) is 17.7 Å². The molecule has 8 aromatic rings. The van der Waals surface area contributed by atoms with Gasteiger partial charge in [-0.3, -0.25) is 14.4 Å². The Morgan fingerprint density at radius 1 is 0.366 bits per heavy atom. The van der Waals surface area contributed by atoms with Gasteiger partial charge in [-0.2, -0.15) is 0 Å². The highest BCUT2D eigenvalue weighted by Crippen LogP contribution is 2.32. The highest BCUT2D eigenvalue weighted by molar-refractivity contribution is 5.88. The van der Waals surface area contributed by atoms with Gasteiger partial charge in [-0.1, -0.05) is 288 Å². The molecule has 0 radical (unpaired) electrons. The minimum atomic E-state index is -0.616. The Morgan fingerprint density at radius 3 is 1.14 bits per heavy atom. The summed E-state index contributed by atoms with van der Waals surface area (Å²) in [6, 6.07) is 63.2. The minimum Gasteiger partial charge on any atom is -0.445 e. The third-order valence-electron chi connectivity index (χ3n) is 23.9. The van der Waals surface area contributed by atoms with E-state index in [-0.39, 0.29) is 92.0 Å². The first-order chi connectivity index (χ1) is 62.5. The molecule has 3 aliphatic rings. The number of nitrogens with zero attached hydrogens (tertiary/aromatic N) is 6. The van der Waals surface area contributed by atoms with E-state index in [0.717, 1.165) is 159 Å². The summed E-state index contributed by atoms with van der Waals surface area (Å²) in [5.74, 6) is 1.70. The van der Waals surface area contributed by atoms with Crippen molar-refractivity contribution in [1.29, 1.82) is 0 Å². The Labute approximate surface area is 781 Å². The van der Waals surface area contributed by atoms with E-state index in [1.54, 1.807) is 4.90 Å². The molecule has 8 amide bonds. The summed E-state index contributed by atoms with van der Waals surface area (Å²) >= 11 is 0. The quantitative estimate of drug-likeness (QED) is 0.0245. The number of unbranched alkanes of at least 4 members (excludes halogenated alkanes) is 7. The smallest absolute Gasteiger partial charge is 0.410 e. The highest BCUT2D eigenvalue weighted by Gasteiger charge is 2.42. The van der Waals surface area contributed by atoms with Gasteiger partial charge < -0.3 is 69.0 Å². The first-order valence-corrected chi connectivity index (χ1v) is 48.4. The zero-order chi connectivity index (χ0) is 94.6. The molecule has 22 nitrogen and oxygen atoms in total. The number of ether oxygens (including phenoxy) is 5. The molecule has 22 heteroatoms. The second-order valence-electron chi connectivity index (χ2n) is 40.2. The third-order valence-corrected chi connectivity index (χ3v) is 23.9. The number of nitrogens with one attached hydrogen (secondary N) is 3. The van der Waals surface area contributed by atoms with Crippen LogP contribution in [-0.4, -0.2) is 196 Å². The molecule has 0 spiro atoms. The summed E-state index contributed by atoms with van der Waals surface area (Å²) in [5, 5.41) is 16.2. The molecule has 3 N–H and O–H groups in total. The van der Waals surface area contributed by atoms with Crippen LogP contribution in [0.2, 0.25) is 0 Å². The molecule has 0 aromatic heterocycles. The SMILES string of the molecule is CC(C)C[C@@H]1CN(C(=O)OCc2ccccc2)[C@@H](CCCCCCCNC(=O)OC(C)(C)C)CN1C(=O)Cc1ccc2ccccc2c1.CC(C)C[C@@H]1CN[C@@H](CCCCN(CCNC(=O)OC(C)(C)C)C(=O)OC(C)(C)C)CN1C(=O)Cc1ccc2ccccc2c1.CCCCC[C@H]1CN(C(=O)Cc2ccc3ccccc3c2)[C@H](CC(C)C)CN1C(=O)OCc1ccccc1. The number of carbonyl (C=O) groups is 8. The molecule has 0 unspecified atom stereocenters. The van der Waals surface area contributed by atoms with E-state index in [4.69, 9.17) is 23.7 Å². The molecular weight excluding hydrogens is 1640 g/mol. The van der Waals surface area contributed by atoms with Crippen LogP contribution in [0.25, 0.3) is 32.3 Å². The van der Waals surface area contributed by atoms with Gasteiger partial charge in [0.15, 0.2) is 0 Å². The second-order valence-corrected chi connectivity index (χ2v) is 40.2. The molecule has 3 saturated heterocycles. The Hall–Kier alpha value is -10.7. The van der Waals surface area contributed by atoms with Gasteiger partial charge in [-0.05, 0) is 192 Å². The Morgan fingerprint density at radius 2 is 0.725 bits per heavy atom. The van der Waals surface area contributed by atoms with Crippen molar-refractivity contribution < 1.29 is 62.0 Å². The number of rotatable bonds is 36. The monoisotopic (exact) mass is 1800 g/mol. The zero-order valence-corrected chi connectivity index (χ0v) is 81.5. The summed E-state index contributed by atoms with van der Waals surface area (Å²) in [4.78, 5) is 117. The maximum atomic E-state index is 14.0. The molecule has 0 saturated carbocycles. The summed E-state index contributed by atoms with van der Waals surface area (Å²) in [7, 11) is 0. The van der Waals surface area contributed by atoms with Gasteiger partial charge in [0, 0.05) is 89.6 Å². The highest BCUT2D eigenvalue weighted by atomic mass is 16.6. The fraction of sp³-hybridized carbons (Fsp3) is 0.541. The normalized spacial score (nSPS) is 17.2. The number of alkyl carbamates (subject to hydrolysis) is 2. The largest absolute Gasteiger partial charge is 0.445 e. The van der Waals surface area contributed by atoms with Gasteiger partial charge >= 0.3 is 30.5 Å². The number of fused-ring (bicyclic) bond motifs is 3. The van der Waals surface area contributed by atoms with Crippen molar-refractivity contribution >= 4 is 80.5 Å². The number of benzene rings is 8. The van der Waals surface area contributed by atoms with E-state index in [9.17, 15) is 38.4 Å². The van der Waals surface area contributed by atoms with Crippen LogP contribution in [0, 0.1) is 17.8 Å². The van der Waals surface area contributed by atoms with Crippen molar-refractivity contribution in [2.75, 3.05) is 65.4 Å². The standard InChI is InChI=1S/C40H55N3O5.C36H56N4O5.C33H42N2O3/c1-30(2)24-36-28-43(39(46)47-29-31-16-10-9-11-17-31)35(20-12-7-6-8-15-23-41-38(45)48-40(3,4)5)27-42(36)37(44)26-32-21-22-33-18-13-14-19-34(33)25-32;1-26(2)21-31-24-38-30(25-40(31)32(41)23-27-16-17-28-13-9-10-14-29(28)22-27)15-11-12-19-39(34(43)45-36(6,7)8)20-18-37-33(42)44-35(3,4)5;1-4-5-7-16-30-22-34(32(36)21-27-17-18-28-14-10-11-15-29(28)20-27)31(19-25(2)3)23-35(30)33(37)38-24-26-12-8-6-9-13-26/h9-11,13-14,16-19,21-22,25,30,35-36H,6-8,12,15,20,23-24,26-29H2,1-5H3,(H,41,45);9-10,13-14,16-17,22,26,30-31,38H,11-12,15,18-21,23-25H2,1-8H3,(H,37,42);6,8-15,17-18,20,25,30-31H,4-5,7,16,19,21-24H2,1-3H3/t35-,36+;2*30-,31+/m000/s1. The molecule has 6 atom stereocenters. The predicted molar refractivity (Wildman–Crippen MR) is 526 cm³/mol. The van der Waals surface area contributed by atoms with Crippen LogP contribution in [0.4, 0.5) is 24.0 Å². The van der Waals surface area contributed by atoms with Crippen LogP contribution in [0.5, 0.6) is 0 Å². The average Bonchev–Trinajstić information content (AvgIpc) is 0.801. The summed E-state index contributed by atoms with van der Waals surface area (Å²) < 4.78 is 27.9. The average molecular weight is 1800 g/mol. The van der Waals surface area contributed by atoms with Gasteiger partial charge in [0.1, 0.15) is 30.0 Å². The van der Waals surface area contributed by atoms with Crippen LogP contribution >= 0.6 is 0 Å². The first-order valence-electron chi connectivity index (χ1n) is 48.4. The lowest BCUT2D eigenvalue weighted by atomic mass is 9.94. The molecule has 712 valence electrons. The van der Waals surface area contributed by atoms with Crippen molar-refractivity contribution in [3.63, 3.8) is 0 Å². The molecule has 3 fully saturated rings. The Balaban J connectivity index is 0.000000223. The lowest BCUT2D eigenvalue weighted by molar-refractivity contribution is -0.138. The maximum absolute atomic E-state index is 14.0. The summed E-state index contributed by atoms with van der Waals surface area (Å²) in [6.45, 7) is 37.5. The molecule has 0 aliphatic carbocycles. The van der Waals surface area contributed by atoms with Crippen molar-refractivity contribution in [3.05, 3.63) is 216 Å². The second kappa shape index (κ2) is 51.9. The predicted octanol–water partition coefficient (Wildman–Crippen LogP) is 22.3. The van der Waals surface area contributed by atoms with Crippen LogP contribution in [0.15, 0.2) is 188 Å². The molecule has 3 aliphatic heterocycles. The van der Waals surface area contributed by atoms with E-state index in [2.05, 4.69) is 165 Å². The molecule has 3 heterocycles. The van der Waals surface area contributed by atoms with Crippen molar-refractivity contribution in [3.8, 4) is 0 Å². The molecule has 0 bridgehead atoms. The molecule has 131 heavy (non-hydrogen) atoms. The summed E-state index contributed by atoms with van der Waals surface area (Å²) in [5.41, 5.74) is 3.30. The Bertz CT molecular complexity index is 4890. The summed E-state index contributed by atoms with van der Waals surface area (Å²) in [6.07, 6.45) is 14.2. The van der Waals surface area contributed by atoms with Crippen molar-refractivity contribution in [2.24, 2.45) is 17.8 Å². The minimum absolute atomic E-state index is 0.0188. The Kier molecular flexibility index (Phi) is 41.2. The number of amides is 8. The van der Waals surface area contributed by atoms with Crippen LogP contribution in [0.3, 0.4) is 0 Å². The van der Waals surface area contributed by atoms with Crippen LogP contribution < -0.4 is 16.0 Å². The molecular formula is C109H153N9O13. The van der Waals surface area contributed by atoms with Gasteiger partial charge in [-0.25, -0.2) is 24.0 Å². The van der Waals surface area contributed by atoms with Crippen molar-refractivity contribution in [1.82, 2.24) is 45.3 Å². The van der Waals surface area contributed by atoms with E-state index in [0.29, 0.717) is 89.4 Å². The van der Waals surface area contributed by atoms with E-state index >= 15 is 0 Å². The number of hydrogen-bond acceptors (Lipinski definition) is 14. The zero-order valence-electron chi connectivity index (χ0n) is 81.5. The maximum Gasteiger partial charge on any atom is 0.410 e. The van der Waals surface area contributed by atoms with E-state index in [1.165, 1.54) is 10.8 Å². The van der Waals surface area contributed by atoms with E-state index < -0.39 is 29.0 Å². The first kappa shape index (κ1) is 104. The van der Waals surface area contributed by atoms with Gasteiger partial charge in [0.05, 0.1) is 31.3 Å². The lowest BCUT2D eigenvalue weighted by Gasteiger charge is -2.46. The van der Waals surface area contributed by atoms with Crippen molar-refractivity contribution in [2.45, 2.75) is 299 Å². The van der Waals surface area contributed by atoms with E-state index in [1.807, 2.05) is 174 Å². The fourth-order valence-corrected chi connectivity index (χ4v) is 17.6. The number of hydrogen-bond donors (Lipinski definition) is 3. The van der Waals surface area contributed by atoms with Gasteiger partial charge in [-0.15, -0.1) is 0 Å². The molecule has 8 aromatic carbocycles. The van der Waals surface area contributed by atoms with Crippen LogP contribution in [-0.2, 0) is 70.5 Å². The molecule has 11 rings (SSSR count).